The molecule has 1 aromatic rings. The predicted octanol–water partition coefficient (Wildman–Crippen LogP) is 3.39. The molecule has 148 valence electrons. The van der Waals surface area contributed by atoms with E-state index in [-0.39, 0.29) is 41.1 Å². The van der Waals surface area contributed by atoms with Crippen LogP contribution in [0.4, 0.5) is 5.69 Å². The molecule has 1 aromatic carbocycles. The van der Waals surface area contributed by atoms with E-state index in [1.54, 1.807) is 18.2 Å². The molecule has 7 nitrogen and oxygen atoms in total. The molecule has 0 bridgehead atoms. The summed E-state index contributed by atoms with van der Waals surface area (Å²) in [5.74, 6) is 0.674. The molecule has 0 radical (unpaired) electrons. The van der Waals surface area contributed by atoms with Gasteiger partial charge in [-0.2, -0.15) is 0 Å². The van der Waals surface area contributed by atoms with Crippen LogP contribution in [0.15, 0.2) is 29.3 Å². The maximum absolute atomic E-state index is 11.1. The number of benzene rings is 1. The average Bonchev–Trinajstić information content (AvgIpc) is 2.55. The first-order valence-electron chi connectivity index (χ1n) is 8.87. The minimum Gasteiger partial charge on any atom is -0.357 e. The van der Waals surface area contributed by atoms with Crippen LogP contribution in [0.2, 0.25) is 0 Å². The minimum absolute atomic E-state index is 0. The molecule has 0 aromatic heterocycles. The zero-order chi connectivity index (χ0) is 18.8. The Hall–Kier alpha value is -1.42. The highest BCUT2D eigenvalue weighted by molar-refractivity contribution is 14.0. The summed E-state index contributed by atoms with van der Waals surface area (Å²) in [6.07, 6.45) is 0. The van der Waals surface area contributed by atoms with Gasteiger partial charge in [-0.25, -0.2) is 4.99 Å². The first-order valence-corrected chi connectivity index (χ1v) is 8.87. The van der Waals surface area contributed by atoms with Crippen LogP contribution in [0, 0.1) is 10.1 Å². The Kier molecular flexibility index (Phi) is 12.2. The Labute approximate surface area is 173 Å². The largest absolute Gasteiger partial charge is 0.357 e. The number of nitrogens with zero attached hydrogens (tertiary/aromatic N) is 3. The first-order chi connectivity index (χ1) is 11.9. The van der Waals surface area contributed by atoms with E-state index >= 15 is 0 Å². The zero-order valence-electron chi connectivity index (χ0n) is 16.4. The highest BCUT2D eigenvalue weighted by Gasteiger charge is 2.13. The van der Waals surface area contributed by atoms with Gasteiger partial charge in [0.25, 0.3) is 5.69 Å². The van der Waals surface area contributed by atoms with Crippen LogP contribution in [-0.4, -0.2) is 47.5 Å². The fourth-order valence-corrected chi connectivity index (χ4v) is 2.74. The molecule has 0 saturated heterocycles. The maximum atomic E-state index is 11.1. The van der Waals surface area contributed by atoms with E-state index in [1.807, 2.05) is 6.92 Å². The molecule has 1 rings (SSSR count). The van der Waals surface area contributed by atoms with Crippen LogP contribution in [0.5, 0.6) is 0 Å². The number of nitro benzene ring substituents is 1. The first kappa shape index (κ1) is 24.6. The van der Waals surface area contributed by atoms with Crippen molar-refractivity contribution in [2.24, 2.45) is 4.99 Å². The second-order valence-electron chi connectivity index (χ2n) is 6.43. The summed E-state index contributed by atoms with van der Waals surface area (Å²) in [6.45, 7) is 13.4. The zero-order valence-corrected chi connectivity index (χ0v) is 18.7. The molecule has 0 aliphatic rings. The van der Waals surface area contributed by atoms with E-state index in [4.69, 9.17) is 0 Å². The molecule has 8 heteroatoms. The summed E-state index contributed by atoms with van der Waals surface area (Å²) >= 11 is 0. The molecule has 2 N–H and O–H groups in total. The van der Waals surface area contributed by atoms with E-state index in [0.717, 1.165) is 19.6 Å². The number of halogens is 1. The van der Waals surface area contributed by atoms with Gasteiger partial charge in [0, 0.05) is 37.8 Å². The van der Waals surface area contributed by atoms with Crippen molar-refractivity contribution >= 4 is 35.6 Å². The number of aliphatic imine (C=N–C) groups is 1. The highest BCUT2D eigenvalue weighted by Crippen LogP contribution is 2.18. The molecule has 0 aliphatic heterocycles. The summed E-state index contributed by atoms with van der Waals surface area (Å²) in [5, 5.41) is 17.6. The van der Waals surface area contributed by atoms with E-state index in [9.17, 15) is 10.1 Å². The second-order valence-corrected chi connectivity index (χ2v) is 6.43. The number of rotatable bonds is 9. The lowest BCUT2D eigenvalue weighted by Gasteiger charge is -2.30. The van der Waals surface area contributed by atoms with Gasteiger partial charge in [0.05, 0.1) is 17.0 Å². The average molecular weight is 477 g/mol. The fraction of sp³-hybridized carbons (Fsp3) is 0.611. The normalized spacial score (nSPS) is 11.6. The minimum atomic E-state index is -0.367. The second kappa shape index (κ2) is 12.9. The van der Waals surface area contributed by atoms with Gasteiger partial charge in [0.15, 0.2) is 5.96 Å². The molecule has 0 spiro atoms. The van der Waals surface area contributed by atoms with Crippen molar-refractivity contribution in [3.05, 3.63) is 39.9 Å². The van der Waals surface area contributed by atoms with Crippen molar-refractivity contribution in [2.75, 3.05) is 19.6 Å². The molecule has 0 aliphatic carbocycles. The fourth-order valence-electron chi connectivity index (χ4n) is 2.74. The quantitative estimate of drug-likeness (QED) is 0.187. The topological polar surface area (TPSA) is 82.8 Å². The molecule has 0 amide bonds. The van der Waals surface area contributed by atoms with Crippen LogP contribution >= 0.6 is 24.0 Å². The van der Waals surface area contributed by atoms with Crippen LogP contribution in [0.25, 0.3) is 0 Å². The number of nitro groups is 1. The summed E-state index contributed by atoms with van der Waals surface area (Å²) in [5.41, 5.74) is 0.712. The molecule has 0 atom stereocenters. The van der Waals surface area contributed by atoms with Crippen molar-refractivity contribution in [3.8, 4) is 0 Å². The van der Waals surface area contributed by atoms with E-state index in [1.165, 1.54) is 6.07 Å². The van der Waals surface area contributed by atoms with Gasteiger partial charge in [-0.05, 0) is 34.6 Å². The van der Waals surface area contributed by atoms with Crippen molar-refractivity contribution in [1.29, 1.82) is 0 Å². The summed E-state index contributed by atoms with van der Waals surface area (Å²) < 4.78 is 0. The van der Waals surface area contributed by atoms with Crippen molar-refractivity contribution in [2.45, 2.75) is 53.2 Å². The van der Waals surface area contributed by atoms with E-state index in [2.05, 4.69) is 48.2 Å². The third kappa shape index (κ3) is 8.31. The smallest absolute Gasteiger partial charge is 0.274 e. The van der Waals surface area contributed by atoms with Crippen molar-refractivity contribution < 1.29 is 4.92 Å². The number of nitrogens with one attached hydrogen (secondary N) is 2. The molecule has 0 fully saturated rings. The summed E-state index contributed by atoms with van der Waals surface area (Å²) in [6, 6.07) is 7.67. The van der Waals surface area contributed by atoms with Crippen LogP contribution < -0.4 is 10.6 Å². The Morgan fingerprint density at radius 1 is 1.19 bits per heavy atom. The molecular formula is C18H32IN5O2. The Morgan fingerprint density at radius 3 is 2.35 bits per heavy atom. The number of hydrogen-bond donors (Lipinski definition) is 2. The van der Waals surface area contributed by atoms with Gasteiger partial charge >= 0.3 is 0 Å². The van der Waals surface area contributed by atoms with Crippen molar-refractivity contribution in [3.63, 3.8) is 0 Å². The van der Waals surface area contributed by atoms with Gasteiger partial charge in [0.1, 0.15) is 0 Å². The molecule has 0 unspecified atom stereocenters. The van der Waals surface area contributed by atoms with Gasteiger partial charge in [-0.1, -0.05) is 18.2 Å². The molecule has 0 heterocycles. The molecule has 0 saturated carbocycles. The third-order valence-corrected chi connectivity index (χ3v) is 3.93. The Morgan fingerprint density at radius 2 is 1.81 bits per heavy atom. The number of para-hydroxylation sites is 1. The van der Waals surface area contributed by atoms with Crippen LogP contribution in [0.3, 0.4) is 0 Å². The van der Waals surface area contributed by atoms with Gasteiger partial charge in [-0.15, -0.1) is 24.0 Å². The number of guanidine groups is 1. The lowest BCUT2D eigenvalue weighted by Crippen LogP contribution is -2.45. The van der Waals surface area contributed by atoms with Crippen molar-refractivity contribution in [1.82, 2.24) is 15.5 Å². The standard InChI is InChI=1S/C18H31N5O2.HI/c1-6-19-18(20-11-12-22(14(2)3)15(4)5)21-13-16-9-7-8-10-17(16)23(24)25;/h7-10,14-15H,6,11-13H2,1-5H3,(H2,19,20,21);1H. The van der Waals surface area contributed by atoms with E-state index < -0.39 is 0 Å². The Balaban J connectivity index is 0.00000625. The predicted molar refractivity (Wildman–Crippen MR) is 118 cm³/mol. The number of hydrogen-bond acceptors (Lipinski definition) is 4. The van der Waals surface area contributed by atoms with E-state index in [0.29, 0.717) is 23.6 Å². The van der Waals surface area contributed by atoms with Gasteiger partial charge in [0.2, 0.25) is 0 Å². The Bertz CT molecular complexity index is 570. The molecule has 26 heavy (non-hydrogen) atoms. The summed E-state index contributed by atoms with van der Waals surface area (Å²) in [7, 11) is 0. The molecular weight excluding hydrogens is 445 g/mol. The monoisotopic (exact) mass is 477 g/mol. The SMILES string of the molecule is CCNC(=NCc1ccccc1[N+](=O)[O-])NCCN(C(C)C)C(C)C.I. The van der Waals surface area contributed by atoms with Gasteiger partial charge < -0.3 is 10.6 Å². The maximum Gasteiger partial charge on any atom is 0.274 e. The highest BCUT2D eigenvalue weighted by atomic mass is 127. The lowest BCUT2D eigenvalue weighted by atomic mass is 10.2. The van der Waals surface area contributed by atoms with Gasteiger partial charge in [-0.3, -0.25) is 15.0 Å². The third-order valence-electron chi connectivity index (χ3n) is 3.93. The van der Waals surface area contributed by atoms with Crippen LogP contribution in [0.1, 0.15) is 40.2 Å². The summed E-state index contributed by atoms with van der Waals surface area (Å²) in [4.78, 5) is 17.6. The van der Waals surface area contributed by atoms with Crippen LogP contribution in [-0.2, 0) is 6.54 Å². The lowest BCUT2D eigenvalue weighted by molar-refractivity contribution is -0.385.